The molecular weight excluding hydrogens is 342 g/mol. The van der Waals surface area contributed by atoms with Crippen LogP contribution in [-0.4, -0.2) is 61.0 Å². The number of ketones is 1. The van der Waals surface area contributed by atoms with Crippen molar-refractivity contribution in [1.29, 1.82) is 0 Å². The fraction of sp³-hybridized carbons (Fsp3) is 0.444. The third-order valence-corrected chi connectivity index (χ3v) is 5.23. The van der Waals surface area contributed by atoms with Crippen molar-refractivity contribution in [2.45, 2.75) is 13.0 Å². The lowest BCUT2D eigenvalue weighted by Gasteiger charge is -2.29. The molecule has 7 heteroatoms. The zero-order valence-electron chi connectivity index (χ0n) is 14.3. The fourth-order valence-electron chi connectivity index (χ4n) is 3.65. The van der Waals surface area contributed by atoms with Gasteiger partial charge in [-0.15, -0.1) is 0 Å². The molecule has 2 aliphatic heterocycles. The molecule has 1 fully saturated rings. The largest absolute Gasteiger partial charge is 0.503 e. The summed E-state index contributed by atoms with van der Waals surface area (Å²) >= 11 is 5.96. The summed E-state index contributed by atoms with van der Waals surface area (Å²) in [6.45, 7) is 7.00. The molecule has 4 N–H and O–H groups in total. The van der Waals surface area contributed by atoms with Gasteiger partial charge in [-0.25, -0.2) is 0 Å². The number of carbonyl (C=O) groups excluding carboxylic acids is 2. The molecule has 1 aromatic carbocycles. The first-order valence-electron chi connectivity index (χ1n) is 8.64. The second kappa shape index (κ2) is 7.56. The van der Waals surface area contributed by atoms with E-state index in [9.17, 15) is 14.7 Å². The van der Waals surface area contributed by atoms with Crippen molar-refractivity contribution in [3.63, 3.8) is 0 Å². The van der Waals surface area contributed by atoms with Gasteiger partial charge in [0.15, 0.2) is 11.5 Å². The standard InChI is InChI=1S/C18H22ClN3O3/c1-12(23)15-16(13-2-4-14(19)5-3-13)22(18(25)17(15)24)11-10-21-8-6-20-7-9-21/h2-5,16,20,24H,6-11H2,1H3/p+2/t16-/m1/s1. The predicted octanol–water partition coefficient (Wildman–Crippen LogP) is -0.914. The number of aliphatic hydroxyl groups is 1. The number of benzene rings is 1. The minimum absolute atomic E-state index is 0.175. The van der Waals surface area contributed by atoms with Gasteiger partial charge in [0.2, 0.25) is 0 Å². The summed E-state index contributed by atoms with van der Waals surface area (Å²) in [5.74, 6) is -1.17. The number of quaternary nitrogens is 2. The van der Waals surface area contributed by atoms with Crippen LogP contribution in [0.1, 0.15) is 18.5 Å². The zero-order valence-corrected chi connectivity index (χ0v) is 15.1. The molecule has 6 nitrogen and oxygen atoms in total. The molecule has 3 rings (SSSR count). The maximum Gasteiger partial charge on any atom is 0.290 e. The highest BCUT2D eigenvalue weighted by Crippen LogP contribution is 2.37. The molecule has 2 aliphatic rings. The number of hydrogen-bond donors (Lipinski definition) is 3. The van der Waals surface area contributed by atoms with Crippen molar-refractivity contribution in [3.05, 3.63) is 46.2 Å². The molecule has 0 spiro atoms. The fourth-order valence-corrected chi connectivity index (χ4v) is 3.77. The van der Waals surface area contributed by atoms with Gasteiger partial charge in [-0.2, -0.15) is 0 Å². The van der Waals surface area contributed by atoms with Gasteiger partial charge in [-0.05, 0) is 24.6 Å². The van der Waals surface area contributed by atoms with E-state index in [1.165, 1.54) is 11.8 Å². The average molecular weight is 366 g/mol. The van der Waals surface area contributed by atoms with Gasteiger partial charge in [0.1, 0.15) is 26.2 Å². The van der Waals surface area contributed by atoms with Gasteiger partial charge in [-0.3, -0.25) is 9.59 Å². The molecule has 0 aliphatic carbocycles. The lowest BCUT2D eigenvalue weighted by atomic mass is 9.97. The summed E-state index contributed by atoms with van der Waals surface area (Å²) < 4.78 is 0. The van der Waals surface area contributed by atoms with Gasteiger partial charge in [-0.1, -0.05) is 23.7 Å². The first-order chi connectivity index (χ1) is 12.0. The summed E-state index contributed by atoms with van der Waals surface area (Å²) in [6, 6.07) is 6.53. The van der Waals surface area contributed by atoms with Crippen molar-refractivity contribution >= 4 is 23.3 Å². The van der Waals surface area contributed by atoms with Crippen molar-refractivity contribution in [2.75, 3.05) is 39.3 Å². The first-order valence-corrected chi connectivity index (χ1v) is 9.02. The number of aliphatic hydroxyl groups excluding tert-OH is 1. The molecule has 0 aromatic heterocycles. The van der Waals surface area contributed by atoms with E-state index in [0.29, 0.717) is 11.6 Å². The Kier molecular flexibility index (Phi) is 5.42. The van der Waals surface area contributed by atoms with E-state index in [4.69, 9.17) is 11.6 Å². The minimum atomic E-state index is -0.544. The van der Waals surface area contributed by atoms with Crippen LogP contribution in [0.25, 0.3) is 0 Å². The van der Waals surface area contributed by atoms with Crippen molar-refractivity contribution in [3.8, 4) is 0 Å². The molecule has 2 heterocycles. The van der Waals surface area contributed by atoms with Gasteiger partial charge in [0.25, 0.3) is 5.91 Å². The number of rotatable bonds is 5. The monoisotopic (exact) mass is 365 g/mol. The van der Waals surface area contributed by atoms with Crippen molar-refractivity contribution in [2.24, 2.45) is 0 Å². The Morgan fingerprint density at radius 2 is 1.96 bits per heavy atom. The molecule has 0 saturated carbocycles. The highest BCUT2D eigenvalue weighted by atomic mass is 35.5. The molecule has 134 valence electrons. The molecule has 0 unspecified atom stereocenters. The number of amides is 1. The van der Waals surface area contributed by atoms with Crippen molar-refractivity contribution < 1.29 is 24.9 Å². The molecule has 0 bridgehead atoms. The van der Waals surface area contributed by atoms with Crippen molar-refractivity contribution in [1.82, 2.24) is 4.90 Å². The van der Waals surface area contributed by atoms with Crippen LogP contribution < -0.4 is 10.2 Å². The number of nitrogens with two attached hydrogens (primary N) is 1. The Bertz CT molecular complexity index is 696. The third kappa shape index (κ3) is 3.71. The smallest absolute Gasteiger partial charge is 0.290 e. The lowest BCUT2D eigenvalue weighted by Crippen LogP contribution is -3.20. The van der Waals surface area contributed by atoms with Gasteiger partial charge in [0.05, 0.1) is 24.7 Å². The Morgan fingerprint density at radius 1 is 1.32 bits per heavy atom. The second-order valence-corrected chi connectivity index (χ2v) is 7.07. The highest BCUT2D eigenvalue weighted by Gasteiger charge is 2.42. The molecule has 0 radical (unpaired) electrons. The average Bonchev–Trinajstić information content (AvgIpc) is 2.86. The van der Waals surface area contributed by atoms with Gasteiger partial charge < -0.3 is 20.2 Å². The third-order valence-electron chi connectivity index (χ3n) is 4.98. The van der Waals surface area contributed by atoms with E-state index in [1.807, 2.05) is 0 Å². The number of carbonyl (C=O) groups is 2. The maximum atomic E-state index is 12.6. The van der Waals surface area contributed by atoms with Crippen LogP contribution in [0.2, 0.25) is 5.02 Å². The number of Topliss-reactive ketones (excluding diaryl/α,β-unsaturated/α-hetero) is 1. The Morgan fingerprint density at radius 3 is 2.56 bits per heavy atom. The number of hydrogen-bond acceptors (Lipinski definition) is 3. The normalized spacial score (nSPS) is 21.9. The van der Waals surface area contributed by atoms with E-state index >= 15 is 0 Å². The Labute approximate surface area is 152 Å². The summed E-state index contributed by atoms with van der Waals surface area (Å²) in [5.41, 5.74) is 0.961. The molecule has 1 aromatic rings. The number of nitrogens with one attached hydrogen (secondary N) is 1. The van der Waals surface area contributed by atoms with Crippen LogP contribution in [0.5, 0.6) is 0 Å². The summed E-state index contributed by atoms with van der Waals surface area (Å²) in [5, 5.41) is 13.1. The van der Waals surface area contributed by atoms with Crippen LogP contribution in [0.15, 0.2) is 35.6 Å². The van der Waals surface area contributed by atoms with Gasteiger partial charge in [0, 0.05) is 5.02 Å². The Hall–Kier alpha value is -1.89. The summed E-state index contributed by atoms with van der Waals surface area (Å²) in [7, 11) is 0. The molecular formula is C18H24ClN3O3+2. The number of piperazine rings is 1. The molecule has 1 amide bonds. The van der Waals surface area contributed by atoms with Gasteiger partial charge >= 0.3 is 0 Å². The summed E-state index contributed by atoms with van der Waals surface area (Å²) in [4.78, 5) is 27.7. The zero-order chi connectivity index (χ0) is 18.0. The minimum Gasteiger partial charge on any atom is -0.503 e. The van der Waals surface area contributed by atoms with Crippen LogP contribution >= 0.6 is 11.6 Å². The van der Waals surface area contributed by atoms with Crippen LogP contribution in [0, 0.1) is 0 Å². The number of halogens is 1. The first kappa shape index (κ1) is 17.9. The lowest BCUT2D eigenvalue weighted by molar-refractivity contribution is -0.946. The predicted molar refractivity (Wildman–Crippen MR) is 93.5 cm³/mol. The topological polar surface area (TPSA) is 78.7 Å². The second-order valence-electron chi connectivity index (χ2n) is 6.64. The summed E-state index contributed by atoms with van der Waals surface area (Å²) in [6.07, 6.45) is 0. The Balaban J connectivity index is 1.85. The molecule has 1 atom stereocenters. The SMILES string of the molecule is CC(=O)C1=C(O)C(=O)N(CC[NH+]2CC[NH2+]CC2)[C@@H]1c1ccc(Cl)cc1. The number of nitrogens with zero attached hydrogens (tertiary/aromatic N) is 1. The highest BCUT2D eigenvalue weighted by molar-refractivity contribution is 6.30. The quantitative estimate of drug-likeness (QED) is 0.632. The van der Waals surface area contributed by atoms with E-state index in [-0.39, 0.29) is 11.4 Å². The molecule has 25 heavy (non-hydrogen) atoms. The van der Waals surface area contributed by atoms with E-state index < -0.39 is 17.7 Å². The van der Waals surface area contributed by atoms with E-state index in [1.54, 1.807) is 29.2 Å². The van der Waals surface area contributed by atoms with E-state index in [0.717, 1.165) is 38.3 Å². The molecule has 1 saturated heterocycles. The van der Waals surface area contributed by atoms with Crippen LogP contribution in [0.3, 0.4) is 0 Å². The van der Waals surface area contributed by atoms with Crippen LogP contribution in [-0.2, 0) is 9.59 Å². The van der Waals surface area contributed by atoms with E-state index in [2.05, 4.69) is 5.32 Å². The maximum absolute atomic E-state index is 12.6. The van der Waals surface area contributed by atoms with Crippen LogP contribution in [0.4, 0.5) is 0 Å².